The molecule has 0 aromatic carbocycles. The van der Waals surface area contributed by atoms with Gasteiger partial charge in [0, 0.05) is 0 Å². The third-order valence-corrected chi connectivity index (χ3v) is 9.29. The van der Waals surface area contributed by atoms with E-state index in [4.69, 9.17) is 59.1 Å². The van der Waals surface area contributed by atoms with Crippen molar-refractivity contribution in [1.29, 1.82) is 0 Å². The molecule has 0 unspecified atom stereocenters. The lowest BCUT2D eigenvalue weighted by Crippen LogP contribution is -2.49. The van der Waals surface area contributed by atoms with E-state index in [-0.39, 0.29) is 13.2 Å². The van der Waals surface area contributed by atoms with Crippen molar-refractivity contribution in [2.75, 3.05) is 52.9 Å². The predicted molar refractivity (Wildman–Crippen MR) is 89.2 cm³/mol. The monoisotopic (exact) mass is 438 g/mol. The van der Waals surface area contributed by atoms with Gasteiger partial charge in [0.1, 0.15) is 0 Å². The van der Waals surface area contributed by atoms with Gasteiger partial charge in [-0.1, -0.05) is 0 Å². The van der Waals surface area contributed by atoms with Gasteiger partial charge < -0.3 is 27.1 Å². The average molecular weight is 438 g/mol. The van der Waals surface area contributed by atoms with Crippen LogP contribution in [0.25, 0.3) is 0 Å². The molecule has 0 atom stereocenters. The molecule has 138 valence electrons. The highest BCUT2D eigenvalue weighted by Crippen LogP contribution is 2.61. The van der Waals surface area contributed by atoms with Gasteiger partial charge in [0.05, 0.1) is 63.7 Å². The maximum atomic E-state index is 12.0. The van der Waals surface area contributed by atoms with Crippen molar-refractivity contribution < 1.29 is 39.7 Å². The van der Waals surface area contributed by atoms with Gasteiger partial charge in [0.2, 0.25) is 0 Å². The summed E-state index contributed by atoms with van der Waals surface area (Å²) >= 11 is 8.28. The van der Waals surface area contributed by atoms with E-state index in [1.807, 2.05) is 0 Å². The summed E-state index contributed by atoms with van der Waals surface area (Å²) in [6, 6.07) is 0. The number of fused-ring (bicyclic) bond motifs is 6. The fourth-order valence-electron chi connectivity index (χ4n) is 2.40. The number of hydrogen-bond donors (Lipinski definition) is 0. The van der Waals surface area contributed by atoms with Gasteiger partial charge >= 0.3 is 24.8 Å². The van der Waals surface area contributed by atoms with Crippen LogP contribution in [0, 0.1) is 10.8 Å². The van der Waals surface area contributed by atoms with Crippen LogP contribution in [0.15, 0.2) is 0 Å². The van der Waals surface area contributed by atoms with Gasteiger partial charge in [-0.2, -0.15) is 4.21 Å². The van der Waals surface area contributed by atoms with Crippen LogP contribution in [0.2, 0.25) is 0 Å². The maximum Gasteiger partial charge on any atom is 0.327 e. The van der Waals surface area contributed by atoms with E-state index < -0.39 is 35.6 Å². The third-order valence-electron chi connectivity index (χ3n) is 4.10. The van der Waals surface area contributed by atoms with Gasteiger partial charge in [-0.3, -0.25) is 8.37 Å². The molecule has 0 amide bonds. The van der Waals surface area contributed by atoms with E-state index in [0.29, 0.717) is 39.6 Å². The molecule has 0 aromatic rings. The van der Waals surface area contributed by atoms with Crippen LogP contribution >= 0.6 is 13.4 Å². The molecule has 0 spiro atoms. The van der Waals surface area contributed by atoms with Crippen molar-refractivity contribution >= 4 is 48.4 Å². The molecule has 6 aliphatic heterocycles. The fourth-order valence-corrected chi connectivity index (χ4v) is 7.15. The van der Waals surface area contributed by atoms with E-state index >= 15 is 0 Å². The standard InChI is InChI=1S/C10H16O9P2S3/c11-24(18-7-9-1-12-20(22,13-2-9)14-3-9)19-8-10-4-15-21(23,16-5-10)17-6-10/h1-8H2. The highest BCUT2D eigenvalue weighted by atomic mass is 32.5. The molecule has 14 heteroatoms. The average Bonchev–Trinajstić information content (AvgIpc) is 2.61. The van der Waals surface area contributed by atoms with Crippen molar-refractivity contribution in [2.24, 2.45) is 10.8 Å². The second kappa shape index (κ2) is 6.63. The largest absolute Gasteiger partial charge is 0.327 e. The first-order valence-electron chi connectivity index (χ1n) is 7.10. The molecule has 24 heavy (non-hydrogen) atoms. The SMILES string of the molecule is O=S(OCC12COP(=S)(OC1)OC2)OCC12COP(=S)(OC1)OC2. The van der Waals surface area contributed by atoms with Crippen LogP contribution in [-0.4, -0.2) is 57.1 Å². The topological polar surface area (TPSA) is 90.9 Å². The summed E-state index contributed by atoms with van der Waals surface area (Å²) in [5.41, 5.74) is -1.01. The molecule has 9 nitrogen and oxygen atoms in total. The Morgan fingerprint density at radius 3 is 1.33 bits per heavy atom. The second-order valence-corrected chi connectivity index (χ2v) is 13.2. The van der Waals surface area contributed by atoms with E-state index in [9.17, 15) is 4.21 Å². The maximum absolute atomic E-state index is 12.0. The first kappa shape index (κ1) is 18.5. The quantitative estimate of drug-likeness (QED) is 0.560. The fraction of sp³-hybridized carbons (Fsp3) is 1.00. The third kappa shape index (κ3) is 3.73. The second-order valence-electron chi connectivity index (χ2n) is 6.26. The zero-order valence-corrected chi connectivity index (χ0v) is 16.7. The van der Waals surface area contributed by atoms with Gasteiger partial charge in [-0.05, 0) is 23.6 Å². The smallest absolute Gasteiger partial charge is 0.308 e. The van der Waals surface area contributed by atoms with E-state index in [2.05, 4.69) is 0 Å². The van der Waals surface area contributed by atoms with Crippen molar-refractivity contribution in [3.8, 4) is 0 Å². The van der Waals surface area contributed by atoms with Crippen LogP contribution in [0.4, 0.5) is 0 Å². The Labute approximate surface area is 151 Å². The lowest BCUT2D eigenvalue weighted by Gasteiger charge is -2.46. The van der Waals surface area contributed by atoms with Crippen molar-refractivity contribution in [1.82, 2.24) is 0 Å². The molecular weight excluding hydrogens is 422 g/mol. The molecule has 0 aromatic heterocycles. The molecule has 4 bridgehead atoms. The van der Waals surface area contributed by atoms with Crippen molar-refractivity contribution in [3.63, 3.8) is 0 Å². The zero-order valence-electron chi connectivity index (χ0n) is 12.5. The van der Waals surface area contributed by atoms with E-state index in [1.54, 1.807) is 0 Å². The summed E-state index contributed by atoms with van der Waals surface area (Å²) < 4.78 is 55.0. The first-order valence-corrected chi connectivity index (χ1v) is 13.2. The first-order chi connectivity index (χ1) is 11.3. The van der Waals surface area contributed by atoms with Crippen LogP contribution in [0.3, 0.4) is 0 Å². The molecule has 6 aliphatic rings. The van der Waals surface area contributed by atoms with Crippen LogP contribution in [0.5, 0.6) is 0 Å². The normalized spacial score (nSPS) is 48.5. The Balaban J connectivity index is 1.25. The van der Waals surface area contributed by atoms with Gasteiger partial charge in [0.15, 0.2) is 0 Å². The van der Waals surface area contributed by atoms with Gasteiger partial charge in [-0.15, -0.1) is 0 Å². The Hall–Kier alpha value is 1.13. The van der Waals surface area contributed by atoms with Crippen LogP contribution < -0.4 is 0 Å². The van der Waals surface area contributed by atoms with Gasteiger partial charge in [0.25, 0.3) is 0 Å². The molecule has 6 rings (SSSR count). The Morgan fingerprint density at radius 1 is 0.750 bits per heavy atom. The molecule has 6 saturated heterocycles. The lowest BCUT2D eigenvalue weighted by atomic mass is 9.93. The summed E-state index contributed by atoms with van der Waals surface area (Å²) in [5, 5.41) is 0. The Morgan fingerprint density at radius 2 is 1.04 bits per heavy atom. The minimum atomic E-state index is -2.54. The minimum Gasteiger partial charge on any atom is -0.308 e. The molecule has 0 radical (unpaired) electrons. The minimum absolute atomic E-state index is 0.117. The van der Waals surface area contributed by atoms with Crippen molar-refractivity contribution in [3.05, 3.63) is 0 Å². The van der Waals surface area contributed by atoms with Crippen LogP contribution in [-0.2, 0) is 70.5 Å². The molecular formula is C10H16O9P2S3. The molecule has 0 N–H and O–H groups in total. The molecule has 0 saturated carbocycles. The number of hydrogen-bond acceptors (Lipinski definition) is 11. The highest BCUT2D eigenvalue weighted by Gasteiger charge is 2.50. The lowest BCUT2D eigenvalue weighted by molar-refractivity contribution is -0.0999. The summed E-state index contributed by atoms with van der Waals surface area (Å²) in [6.07, 6.45) is 0. The summed E-state index contributed by atoms with van der Waals surface area (Å²) in [5.74, 6) is 0. The molecule has 6 heterocycles. The molecule has 0 aliphatic carbocycles. The number of rotatable bonds is 6. The van der Waals surface area contributed by atoms with Crippen LogP contribution in [0.1, 0.15) is 0 Å². The highest BCUT2D eigenvalue weighted by molar-refractivity contribution is 8.07. The summed E-state index contributed by atoms with van der Waals surface area (Å²) in [4.78, 5) is 0. The van der Waals surface area contributed by atoms with Gasteiger partial charge in [-0.25, -0.2) is 0 Å². The molecule has 6 fully saturated rings. The van der Waals surface area contributed by atoms with Crippen molar-refractivity contribution in [2.45, 2.75) is 0 Å². The summed E-state index contributed by atoms with van der Waals surface area (Å²) in [6.45, 7) is -2.65. The predicted octanol–water partition coefficient (Wildman–Crippen LogP) is 1.17. The summed E-state index contributed by atoms with van der Waals surface area (Å²) in [7, 11) is 0. The Kier molecular flexibility index (Phi) is 5.11. The van der Waals surface area contributed by atoms with E-state index in [0.717, 1.165) is 0 Å². The zero-order chi connectivity index (χ0) is 16.9. The Bertz CT molecular complexity index is 528. The van der Waals surface area contributed by atoms with E-state index in [1.165, 1.54) is 0 Å².